The van der Waals surface area contributed by atoms with E-state index in [0.717, 1.165) is 36.5 Å². The summed E-state index contributed by atoms with van der Waals surface area (Å²) in [7, 11) is 0. The lowest BCUT2D eigenvalue weighted by Crippen LogP contribution is -2.23. The Hall–Kier alpha value is -2.96. The van der Waals surface area contributed by atoms with Gasteiger partial charge in [0.1, 0.15) is 29.5 Å². The fraction of sp³-hybridized carbons (Fsp3) is 0.350. The standard InChI is InChI=1S/C20H20FN5O/c21-15-7-5-13(6-8-15)16-2-1-9-26(16)20-11-18(22-12-23-20)24-19-10-17(27-25-19)14-3-4-14/h5-8,10-12,14,16H,1-4,9H2,(H,22,23,24,25). The molecule has 0 radical (unpaired) electrons. The van der Waals surface area contributed by atoms with Gasteiger partial charge in [-0.25, -0.2) is 14.4 Å². The highest BCUT2D eigenvalue weighted by molar-refractivity contribution is 5.57. The normalized spacial score (nSPS) is 19.4. The van der Waals surface area contributed by atoms with Crippen LogP contribution in [-0.4, -0.2) is 21.7 Å². The van der Waals surface area contributed by atoms with Crippen LogP contribution in [0, 0.1) is 5.82 Å². The number of nitrogens with one attached hydrogen (secondary N) is 1. The van der Waals surface area contributed by atoms with E-state index in [1.807, 2.05) is 24.3 Å². The maximum absolute atomic E-state index is 13.3. The van der Waals surface area contributed by atoms with Crippen LogP contribution in [0.2, 0.25) is 0 Å². The molecular weight excluding hydrogens is 345 g/mol. The molecule has 3 aromatic rings. The molecule has 6 nitrogen and oxygen atoms in total. The lowest BCUT2D eigenvalue weighted by Gasteiger charge is -2.26. The van der Waals surface area contributed by atoms with Crippen molar-refractivity contribution in [3.05, 3.63) is 59.9 Å². The first-order chi connectivity index (χ1) is 13.3. The molecule has 2 aliphatic rings. The zero-order valence-electron chi connectivity index (χ0n) is 14.8. The fourth-order valence-corrected chi connectivity index (χ4v) is 3.68. The van der Waals surface area contributed by atoms with Gasteiger partial charge >= 0.3 is 0 Å². The van der Waals surface area contributed by atoms with Crippen molar-refractivity contribution >= 4 is 17.5 Å². The first kappa shape index (κ1) is 16.2. The van der Waals surface area contributed by atoms with E-state index in [1.165, 1.54) is 25.0 Å². The minimum Gasteiger partial charge on any atom is -0.359 e. The minimum absolute atomic E-state index is 0.196. The highest BCUT2D eigenvalue weighted by atomic mass is 19.1. The van der Waals surface area contributed by atoms with Gasteiger partial charge in [0.2, 0.25) is 0 Å². The second kappa shape index (κ2) is 6.64. The maximum Gasteiger partial charge on any atom is 0.175 e. The third-order valence-electron chi connectivity index (χ3n) is 5.22. The van der Waals surface area contributed by atoms with Crippen LogP contribution >= 0.6 is 0 Å². The molecule has 2 fully saturated rings. The summed E-state index contributed by atoms with van der Waals surface area (Å²) in [4.78, 5) is 11.0. The van der Waals surface area contributed by atoms with Crippen LogP contribution in [0.25, 0.3) is 0 Å². The van der Waals surface area contributed by atoms with E-state index in [9.17, 15) is 4.39 Å². The molecular formula is C20H20FN5O. The first-order valence-corrected chi connectivity index (χ1v) is 9.34. The maximum atomic E-state index is 13.3. The summed E-state index contributed by atoms with van der Waals surface area (Å²) in [5, 5.41) is 7.28. The van der Waals surface area contributed by atoms with Gasteiger partial charge in [-0.2, -0.15) is 0 Å². The molecule has 0 spiro atoms. The topological polar surface area (TPSA) is 67.1 Å². The van der Waals surface area contributed by atoms with Crippen LogP contribution in [-0.2, 0) is 0 Å². The number of benzene rings is 1. The first-order valence-electron chi connectivity index (χ1n) is 9.34. The molecule has 1 aliphatic heterocycles. The van der Waals surface area contributed by atoms with E-state index >= 15 is 0 Å². The quantitative estimate of drug-likeness (QED) is 0.715. The molecule has 1 aliphatic carbocycles. The highest BCUT2D eigenvalue weighted by Crippen LogP contribution is 2.41. The second-order valence-electron chi connectivity index (χ2n) is 7.18. The van der Waals surface area contributed by atoms with E-state index in [-0.39, 0.29) is 11.9 Å². The molecule has 1 unspecified atom stereocenters. The fourth-order valence-electron chi connectivity index (χ4n) is 3.68. The van der Waals surface area contributed by atoms with Gasteiger partial charge < -0.3 is 14.7 Å². The summed E-state index contributed by atoms with van der Waals surface area (Å²) in [6.07, 6.45) is 5.99. The van der Waals surface area contributed by atoms with Gasteiger partial charge in [0.25, 0.3) is 0 Å². The molecule has 0 bridgehead atoms. The van der Waals surface area contributed by atoms with Crippen molar-refractivity contribution in [2.75, 3.05) is 16.8 Å². The summed E-state index contributed by atoms with van der Waals surface area (Å²) < 4.78 is 18.6. The van der Waals surface area contributed by atoms with Gasteiger partial charge in [-0.1, -0.05) is 17.3 Å². The van der Waals surface area contributed by atoms with Gasteiger partial charge in [0, 0.05) is 24.6 Å². The number of halogens is 1. The van der Waals surface area contributed by atoms with Crippen molar-refractivity contribution in [3.8, 4) is 0 Å². The van der Waals surface area contributed by atoms with Gasteiger partial charge in [0.15, 0.2) is 5.82 Å². The van der Waals surface area contributed by atoms with E-state index < -0.39 is 0 Å². The number of aromatic nitrogens is 3. The molecule has 1 atom stereocenters. The van der Waals surface area contributed by atoms with Crippen LogP contribution in [0.15, 0.2) is 47.2 Å². The highest BCUT2D eigenvalue weighted by Gasteiger charge is 2.29. The summed E-state index contributed by atoms with van der Waals surface area (Å²) in [6, 6.07) is 10.8. The second-order valence-corrected chi connectivity index (χ2v) is 7.18. The Balaban J connectivity index is 1.36. The Bertz CT molecular complexity index is 938. The lowest BCUT2D eigenvalue weighted by atomic mass is 10.0. The molecule has 1 N–H and O–H groups in total. The zero-order chi connectivity index (χ0) is 18.2. The van der Waals surface area contributed by atoms with Gasteiger partial charge in [0.05, 0.1) is 6.04 Å². The van der Waals surface area contributed by atoms with Gasteiger partial charge in [-0.15, -0.1) is 0 Å². The number of rotatable bonds is 5. The predicted molar refractivity (Wildman–Crippen MR) is 99.5 cm³/mol. The van der Waals surface area contributed by atoms with Crippen molar-refractivity contribution in [1.82, 2.24) is 15.1 Å². The molecule has 2 aromatic heterocycles. The van der Waals surface area contributed by atoms with Gasteiger partial charge in [-0.05, 0) is 43.4 Å². The van der Waals surface area contributed by atoms with Crippen molar-refractivity contribution < 1.29 is 8.91 Å². The number of hydrogen-bond donors (Lipinski definition) is 1. The summed E-state index contributed by atoms with van der Waals surface area (Å²) >= 11 is 0. The van der Waals surface area contributed by atoms with Crippen LogP contribution < -0.4 is 10.2 Å². The van der Waals surface area contributed by atoms with Gasteiger partial charge in [-0.3, -0.25) is 0 Å². The number of anilines is 3. The molecule has 3 heterocycles. The van der Waals surface area contributed by atoms with Crippen LogP contribution in [0.1, 0.15) is 49.0 Å². The smallest absolute Gasteiger partial charge is 0.175 e. The largest absolute Gasteiger partial charge is 0.359 e. The molecule has 27 heavy (non-hydrogen) atoms. The SMILES string of the molecule is Fc1ccc(C2CCCN2c2cc(Nc3cc(C4CC4)on3)ncn2)cc1. The van der Waals surface area contributed by atoms with Crippen molar-refractivity contribution in [2.24, 2.45) is 0 Å². The zero-order valence-corrected chi connectivity index (χ0v) is 14.8. The Morgan fingerprint density at radius 3 is 2.70 bits per heavy atom. The van der Waals surface area contributed by atoms with Crippen LogP contribution in [0.5, 0.6) is 0 Å². The predicted octanol–water partition coefficient (Wildman–Crippen LogP) is 4.57. The molecule has 0 amide bonds. The minimum atomic E-state index is -0.213. The number of hydrogen-bond acceptors (Lipinski definition) is 6. The molecule has 7 heteroatoms. The molecule has 1 saturated heterocycles. The average Bonchev–Trinajstić information content (AvgIpc) is 3.23. The Kier molecular flexibility index (Phi) is 3.99. The average molecular weight is 365 g/mol. The van der Waals surface area contributed by atoms with E-state index in [4.69, 9.17) is 4.52 Å². The monoisotopic (exact) mass is 365 g/mol. The molecule has 5 rings (SSSR count). The Labute approximate surface area is 156 Å². The van der Waals surface area contributed by atoms with E-state index in [1.54, 1.807) is 6.33 Å². The third-order valence-corrected chi connectivity index (χ3v) is 5.22. The lowest BCUT2D eigenvalue weighted by molar-refractivity contribution is 0.387. The Morgan fingerprint density at radius 2 is 1.89 bits per heavy atom. The van der Waals surface area contributed by atoms with Crippen molar-refractivity contribution in [2.45, 2.75) is 37.6 Å². The molecule has 138 valence electrons. The summed E-state index contributed by atoms with van der Waals surface area (Å²) in [6.45, 7) is 0.911. The molecule has 1 aromatic carbocycles. The van der Waals surface area contributed by atoms with Crippen molar-refractivity contribution in [1.29, 1.82) is 0 Å². The summed E-state index contributed by atoms with van der Waals surface area (Å²) in [5.41, 5.74) is 1.10. The van der Waals surface area contributed by atoms with E-state index in [0.29, 0.717) is 17.6 Å². The van der Waals surface area contributed by atoms with E-state index in [2.05, 4.69) is 25.3 Å². The molecule has 1 saturated carbocycles. The number of nitrogens with zero attached hydrogens (tertiary/aromatic N) is 4. The van der Waals surface area contributed by atoms with Crippen LogP contribution in [0.3, 0.4) is 0 Å². The third kappa shape index (κ3) is 3.37. The Morgan fingerprint density at radius 1 is 1.04 bits per heavy atom. The van der Waals surface area contributed by atoms with Crippen molar-refractivity contribution in [3.63, 3.8) is 0 Å². The van der Waals surface area contributed by atoms with Crippen LogP contribution in [0.4, 0.5) is 21.8 Å². The summed E-state index contributed by atoms with van der Waals surface area (Å²) in [5.74, 6) is 3.44.